The van der Waals surface area contributed by atoms with E-state index in [-0.39, 0.29) is 16.7 Å². The molecule has 0 unspecified atom stereocenters. The van der Waals surface area contributed by atoms with E-state index >= 15 is 0 Å². The molecule has 94 valence electrons. The smallest absolute Gasteiger partial charge is 0.341 e. The van der Waals surface area contributed by atoms with E-state index in [1.807, 2.05) is 0 Å². The number of aromatic amines is 1. The minimum absolute atomic E-state index is 0.0535. The lowest BCUT2D eigenvalue weighted by Crippen LogP contribution is -2.16. The van der Waals surface area contributed by atoms with Crippen molar-refractivity contribution in [1.82, 2.24) is 4.98 Å². The first-order chi connectivity index (χ1) is 9.04. The Hall–Kier alpha value is -2.94. The highest BCUT2D eigenvalue weighted by Crippen LogP contribution is 2.24. The summed E-state index contributed by atoms with van der Waals surface area (Å²) in [5, 5.41) is 17.6. The fourth-order valence-corrected chi connectivity index (χ4v) is 1.64. The van der Waals surface area contributed by atoms with Crippen LogP contribution >= 0.6 is 0 Å². The molecule has 0 aliphatic heterocycles. The summed E-state index contributed by atoms with van der Waals surface area (Å²) in [6, 6.07) is 6.94. The fraction of sp³-hybridized carbons (Fsp3) is 0. The summed E-state index contributed by atoms with van der Waals surface area (Å²) in [6.45, 7) is 0. The van der Waals surface area contributed by atoms with Crippen molar-refractivity contribution in [3.63, 3.8) is 0 Å². The number of carbonyl (C=O) groups is 1. The molecule has 0 aliphatic carbocycles. The van der Waals surface area contributed by atoms with Gasteiger partial charge in [0.25, 0.3) is 5.56 Å². The van der Waals surface area contributed by atoms with Gasteiger partial charge in [-0.25, -0.2) is 9.18 Å². The van der Waals surface area contributed by atoms with E-state index in [1.165, 1.54) is 24.4 Å². The summed E-state index contributed by atoms with van der Waals surface area (Å²) in [4.78, 5) is 24.3. The zero-order chi connectivity index (χ0) is 14.0. The van der Waals surface area contributed by atoms with Crippen LogP contribution < -0.4 is 5.56 Å². The minimum atomic E-state index is -1.40. The molecule has 0 amide bonds. The van der Waals surface area contributed by atoms with Gasteiger partial charge in [0.05, 0.1) is 5.56 Å². The number of carboxylic acids is 1. The number of hydrogen-bond donors (Lipinski definition) is 2. The topological polar surface area (TPSA) is 94.0 Å². The molecule has 0 spiro atoms. The summed E-state index contributed by atoms with van der Waals surface area (Å²) in [7, 11) is 0. The largest absolute Gasteiger partial charge is 0.477 e. The number of hydrogen-bond acceptors (Lipinski definition) is 3. The Balaban J connectivity index is 2.67. The zero-order valence-corrected chi connectivity index (χ0v) is 9.48. The molecule has 0 radical (unpaired) electrons. The predicted octanol–water partition coefficient (Wildman–Crippen LogP) is 1.75. The number of H-pyrrole nitrogens is 1. The highest BCUT2D eigenvalue weighted by atomic mass is 19.1. The maximum Gasteiger partial charge on any atom is 0.341 e. The van der Waals surface area contributed by atoms with E-state index in [0.29, 0.717) is 0 Å². The molecule has 2 N–H and O–H groups in total. The van der Waals surface area contributed by atoms with Crippen LogP contribution in [-0.2, 0) is 0 Å². The van der Waals surface area contributed by atoms with Gasteiger partial charge >= 0.3 is 5.97 Å². The zero-order valence-electron chi connectivity index (χ0n) is 9.48. The monoisotopic (exact) mass is 258 g/mol. The van der Waals surface area contributed by atoms with Crippen LogP contribution in [0.15, 0.2) is 35.3 Å². The van der Waals surface area contributed by atoms with Crippen molar-refractivity contribution in [3.8, 4) is 17.2 Å². The van der Waals surface area contributed by atoms with Crippen LogP contribution in [0, 0.1) is 17.1 Å². The molecule has 5 nitrogen and oxygen atoms in total. The van der Waals surface area contributed by atoms with Gasteiger partial charge < -0.3 is 10.1 Å². The van der Waals surface area contributed by atoms with Crippen LogP contribution in [0.25, 0.3) is 11.1 Å². The lowest BCUT2D eigenvalue weighted by Gasteiger charge is -2.05. The number of aromatic carboxylic acids is 1. The molecule has 0 aliphatic rings. The third-order valence-corrected chi connectivity index (χ3v) is 2.56. The van der Waals surface area contributed by atoms with E-state index in [4.69, 9.17) is 10.4 Å². The third kappa shape index (κ3) is 2.21. The number of rotatable bonds is 2. The number of nitriles is 1. The molecule has 19 heavy (non-hydrogen) atoms. The molecule has 6 heteroatoms. The van der Waals surface area contributed by atoms with Crippen molar-refractivity contribution in [2.45, 2.75) is 0 Å². The molecule has 2 aromatic rings. The van der Waals surface area contributed by atoms with E-state index in [0.717, 1.165) is 6.07 Å². The molecule has 0 saturated heterocycles. The molecular weight excluding hydrogens is 251 g/mol. The van der Waals surface area contributed by atoms with Crippen LogP contribution in [0.5, 0.6) is 0 Å². The average molecular weight is 258 g/mol. The van der Waals surface area contributed by atoms with Crippen LogP contribution in [0.1, 0.15) is 15.9 Å². The maximum absolute atomic E-state index is 13.9. The lowest BCUT2D eigenvalue weighted by molar-refractivity contribution is 0.0695. The van der Waals surface area contributed by atoms with Gasteiger partial charge in [-0.1, -0.05) is 12.1 Å². The first kappa shape index (κ1) is 12.5. The Morgan fingerprint density at radius 1 is 1.42 bits per heavy atom. The Kier molecular flexibility index (Phi) is 3.12. The maximum atomic E-state index is 13.9. The van der Waals surface area contributed by atoms with Crippen molar-refractivity contribution >= 4 is 5.97 Å². The van der Waals surface area contributed by atoms with Gasteiger partial charge in [-0.3, -0.25) is 4.79 Å². The van der Waals surface area contributed by atoms with E-state index in [9.17, 15) is 14.0 Å². The summed E-state index contributed by atoms with van der Waals surface area (Å²) in [6.07, 6.45) is 1.20. The highest BCUT2D eigenvalue weighted by molar-refractivity contribution is 5.88. The van der Waals surface area contributed by atoms with E-state index in [1.54, 1.807) is 6.07 Å². The molecule has 1 aromatic carbocycles. The van der Waals surface area contributed by atoms with E-state index < -0.39 is 22.9 Å². The predicted molar refractivity (Wildman–Crippen MR) is 64.1 cm³/mol. The van der Waals surface area contributed by atoms with Crippen LogP contribution in [0.3, 0.4) is 0 Å². The molecule has 1 heterocycles. The molecule has 1 aromatic heterocycles. The normalized spacial score (nSPS) is 9.89. The number of benzene rings is 1. The van der Waals surface area contributed by atoms with Gasteiger partial charge in [0, 0.05) is 17.3 Å². The van der Waals surface area contributed by atoms with Crippen LogP contribution in [0.2, 0.25) is 0 Å². The Bertz CT molecular complexity index is 759. The standard InChI is InChI=1S/C13H7FN2O3/c14-11-7(5-15)2-1-3-9(11)8-4-10(13(18)19)12(17)16-6-8/h1-4,6H,(H,16,17)(H,18,19). The number of aromatic nitrogens is 1. The van der Waals surface area contributed by atoms with Crippen LogP contribution in [-0.4, -0.2) is 16.1 Å². The minimum Gasteiger partial charge on any atom is -0.477 e. The van der Waals surface area contributed by atoms with Crippen LogP contribution in [0.4, 0.5) is 4.39 Å². The van der Waals surface area contributed by atoms with Crippen molar-refractivity contribution in [2.75, 3.05) is 0 Å². The number of nitrogens with zero attached hydrogens (tertiary/aromatic N) is 1. The molecule has 0 fully saturated rings. The Morgan fingerprint density at radius 3 is 2.79 bits per heavy atom. The summed E-state index contributed by atoms with van der Waals surface area (Å²) in [5.74, 6) is -2.16. The van der Waals surface area contributed by atoms with Gasteiger partial charge in [-0.15, -0.1) is 0 Å². The lowest BCUT2D eigenvalue weighted by atomic mass is 10.0. The molecule has 0 atom stereocenters. The number of carboxylic acid groups (broad SMARTS) is 1. The average Bonchev–Trinajstić information content (AvgIpc) is 2.39. The van der Waals surface area contributed by atoms with Gasteiger partial charge in [0.2, 0.25) is 0 Å². The summed E-state index contributed by atoms with van der Waals surface area (Å²) in [5.41, 5.74) is -1.17. The fourth-order valence-electron chi connectivity index (χ4n) is 1.64. The number of pyridine rings is 1. The third-order valence-electron chi connectivity index (χ3n) is 2.56. The summed E-state index contributed by atoms with van der Waals surface area (Å²) >= 11 is 0. The second kappa shape index (κ2) is 4.74. The highest BCUT2D eigenvalue weighted by Gasteiger charge is 2.14. The SMILES string of the molecule is N#Cc1cccc(-c2c[nH]c(=O)c(C(=O)O)c2)c1F. The quantitative estimate of drug-likeness (QED) is 0.857. The number of nitrogens with one attached hydrogen (secondary N) is 1. The molecular formula is C13H7FN2O3. The van der Waals surface area contributed by atoms with Crippen molar-refractivity contribution in [1.29, 1.82) is 5.26 Å². The molecule has 0 bridgehead atoms. The number of halogens is 1. The Morgan fingerprint density at radius 2 is 2.16 bits per heavy atom. The summed E-state index contributed by atoms with van der Waals surface area (Å²) < 4.78 is 13.9. The van der Waals surface area contributed by atoms with Crippen molar-refractivity contribution in [3.05, 3.63) is 57.8 Å². The second-order valence-electron chi connectivity index (χ2n) is 3.72. The first-order valence-corrected chi connectivity index (χ1v) is 5.19. The van der Waals surface area contributed by atoms with Gasteiger partial charge in [-0.2, -0.15) is 5.26 Å². The van der Waals surface area contributed by atoms with E-state index in [2.05, 4.69) is 4.98 Å². The second-order valence-corrected chi connectivity index (χ2v) is 3.72. The molecule has 2 rings (SSSR count). The van der Waals surface area contributed by atoms with Gasteiger partial charge in [0.1, 0.15) is 17.4 Å². The van der Waals surface area contributed by atoms with Crippen molar-refractivity contribution < 1.29 is 14.3 Å². The van der Waals surface area contributed by atoms with Gasteiger partial charge in [-0.05, 0) is 12.1 Å². The first-order valence-electron chi connectivity index (χ1n) is 5.19. The van der Waals surface area contributed by atoms with Crippen molar-refractivity contribution in [2.24, 2.45) is 0 Å². The van der Waals surface area contributed by atoms with Gasteiger partial charge in [0.15, 0.2) is 0 Å². The molecule has 0 saturated carbocycles. The Labute approximate surface area is 106 Å².